The zero-order valence-corrected chi connectivity index (χ0v) is 24.6. The largest absolute Gasteiger partial charge is 0.444 e. The smallest absolute Gasteiger partial charge is 0.408 e. The highest BCUT2D eigenvalue weighted by Gasteiger charge is 2.36. The predicted molar refractivity (Wildman–Crippen MR) is 152 cm³/mol. The van der Waals surface area contributed by atoms with Gasteiger partial charge in [0, 0.05) is 12.6 Å². The summed E-state index contributed by atoms with van der Waals surface area (Å²) in [4.78, 5) is 41.5. The zero-order chi connectivity index (χ0) is 28.7. The molecule has 0 heterocycles. The molecule has 1 aromatic carbocycles. The highest BCUT2D eigenvalue weighted by molar-refractivity contribution is 5.92. The van der Waals surface area contributed by atoms with Crippen LogP contribution in [-0.2, 0) is 20.7 Å². The van der Waals surface area contributed by atoms with E-state index in [0.717, 1.165) is 50.5 Å². The van der Waals surface area contributed by atoms with Crippen LogP contribution < -0.4 is 10.6 Å². The lowest BCUT2D eigenvalue weighted by molar-refractivity contribution is -0.143. The number of nitrogens with one attached hydrogen (secondary N) is 2. The molecule has 8 nitrogen and oxygen atoms in total. The summed E-state index contributed by atoms with van der Waals surface area (Å²) in [7, 11) is 0. The number of aryl methyl sites for hydroxylation is 1. The predicted octanol–water partition coefficient (Wildman–Crippen LogP) is 5.28. The van der Waals surface area contributed by atoms with Gasteiger partial charge in [-0.1, -0.05) is 77.1 Å². The van der Waals surface area contributed by atoms with Gasteiger partial charge < -0.3 is 25.4 Å². The molecular formula is C30H51N3O5. The van der Waals surface area contributed by atoms with Gasteiger partial charge in [-0.3, -0.25) is 9.59 Å². The maximum Gasteiger partial charge on any atom is 0.408 e. The maximum atomic E-state index is 13.9. The van der Waals surface area contributed by atoms with Crippen molar-refractivity contribution < 1.29 is 24.2 Å². The van der Waals surface area contributed by atoms with Gasteiger partial charge in [-0.2, -0.15) is 0 Å². The summed E-state index contributed by atoms with van der Waals surface area (Å²) >= 11 is 0. The summed E-state index contributed by atoms with van der Waals surface area (Å²) in [5, 5.41) is 15.7. The minimum absolute atomic E-state index is 0.0556. The van der Waals surface area contributed by atoms with Crippen molar-refractivity contribution in [3.8, 4) is 0 Å². The Morgan fingerprint density at radius 3 is 2.11 bits per heavy atom. The van der Waals surface area contributed by atoms with E-state index in [9.17, 15) is 19.5 Å². The summed E-state index contributed by atoms with van der Waals surface area (Å²) in [6.07, 6.45) is 6.65. The number of alkyl carbamates (subject to hydrolysis) is 1. The number of rotatable bonds is 16. The lowest BCUT2D eigenvalue weighted by Gasteiger charge is -2.35. The molecule has 3 N–H and O–H groups in total. The Hall–Kier alpha value is -2.61. The molecule has 3 amide bonds. The van der Waals surface area contributed by atoms with Gasteiger partial charge in [0.05, 0.1) is 6.61 Å². The van der Waals surface area contributed by atoms with E-state index in [1.165, 1.54) is 4.90 Å². The lowest BCUT2D eigenvalue weighted by atomic mass is 9.99. The molecule has 0 spiro atoms. The van der Waals surface area contributed by atoms with Gasteiger partial charge in [0.15, 0.2) is 0 Å². The first-order valence-electron chi connectivity index (χ1n) is 14.3. The van der Waals surface area contributed by atoms with Gasteiger partial charge in [0.1, 0.15) is 17.7 Å². The average molecular weight is 534 g/mol. The standard InChI is InChI=1S/C30H51N3O5/c1-8-11-12-13-14-20-33(28(36)25(21-34)32-29(37)38-30(5,6)7)26(27(35)31-22(4)15-9-2)24-18-16-23(10-3)17-19-24/h16-19,22,25-26,34H,8-15,20-21H2,1-7H3,(H,31,35)(H,32,37). The fourth-order valence-electron chi connectivity index (χ4n) is 4.32. The van der Waals surface area contributed by atoms with E-state index in [-0.39, 0.29) is 11.9 Å². The third-order valence-electron chi connectivity index (χ3n) is 6.33. The van der Waals surface area contributed by atoms with Crippen LogP contribution in [-0.4, -0.2) is 58.8 Å². The second kappa shape index (κ2) is 17.1. The van der Waals surface area contributed by atoms with Crippen LogP contribution in [0.2, 0.25) is 0 Å². The summed E-state index contributed by atoms with van der Waals surface area (Å²) in [5.74, 6) is -0.789. The molecule has 0 bridgehead atoms. The van der Waals surface area contributed by atoms with E-state index < -0.39 is 36.3 Å². The molecule has 0 aliphatic rings. The first kappa shape index (κ1) is 33.4. The van der Waals surface area contributed by atoms with Crippen molar-refractivity contribution in [2.45, 2.75) is 124 Å². The van der Waals surface area contributed by atoms with Gasteiger partial charge in [-0.05, 0) is 58.1 Å². The molecule has 0 radical (unpaired) electrons. The number of hydrogen-bond acceptors (Lipinski definition) is 5. The third-order valence-corrected chi connectivity index (χ3v) is 6.33. The number of hydrogen-bond donors (Lipinski definition) is 3. The lowest BCUT2D eigenvalue weighted by Crippen LogP contribution is -2.55. The van der Waals surface area contributed by atoms with E-state index in [4.69, 9.17) is 4.74 Å². The van der Waals surface area contributed by atoms with Crippen molar-refractivity contribution in [1.29, 1.82) is 0 Å². The number of amides is 3. The number of benzene rings is 1. The molecule has 8 heteroatoms. The molecule has 3 unspecified atom stereocenters. The molecule has 1 aromatic rings. The fraction of sp³-hybridized carbons (Fsp3) is 0.700. The SMILES string of the molecule is CCCCCCCN(C(=O)C(CO)NC(=O)OC(C)(C)C)C(C(=O)NC(C)CCC)c1ccc(CC)cc1. The average Bonchev–Trinajstić information content (AvgIpc) is 2.85. The number of carbonyl (C=O) groups excluding carboxylic acids is 3. The van der Waals surface area contributed by atoms with Crippen LogP contribution in [0, 0.1) is 0 Å². The van der Waals surface area contributed by atoms with Crippen molar-refractivity contribution in [2.75, 3.05) is 13.2 Å². The number of aliphatic hydroxyl groups excluding tert-OH is 1. The van der Waals surface area contributed by atoms with Crippen molar-refractivity contribution >= 4 is 17.9 Å². The van der Waals surface area contributed by atoms with Crippen LogP contribution >= 0.6 is 0 Å². The Morgan fingerprint density at radius 2 is 1.58 bits per heavy atom. The Labute approximate surface area is 229 Å². The molecule has 3 atom stereocenters. The van der Waals surface area contributed by atoms with Gasteiger partial charge in [0.2, 0.25) is 11.8 Å². The van der Waals surface area contributed by atoms with Crippen molar-refractivity contribution in [3.05, 3.63) is 35.4 Å². The topological polar surface area (TPSA) is 108 Å². The zero-order valence-electron chi connectivity index (χ0n) is 24.6. The summed E-state index contributed by atoms with van der Waals surface area (Å²) in [5.41, 5.74) is 1.06. The third kappa shape index (κ3) is 11.8. The summed E-state index contributed by atoms with van der Waals surface area (Å²) in [6, 6.07) is 5.53. The Balaban J connectivity index is 3.39. The Bertz CT molecular complexity index is 850. The molecule has 0 aliphatic heterocycles. The minimum Gasteiger partial charge on any atom is -0.444 e. The van der Waals surface area contributed by atoms with Crippen molar-refractivity contribution in [1.82, 2.24) is 15.5 Å². The van der Waals surface area contributed by atoms with Crippen LogP contribution in [0.3, 0.4) is 0 Å². The van der Waals surface area contributed by atoms with Gasteiger partial charge in [-0.25, -0.2) is 4.79 Å². The molecule has 0 saturated heterocycles. The first-order chi connectivity index (χ1) is 18.0. The molecule has 0 fully saturated rings. The number of nitrogens with zero attached hydrogens (tertiary/aromatic N) is 1. The highest BCUT2D eigenvalue weighted by Crippen LogP contribution is 2.25. The monoisotopic (exact) mass is 533 g/mol. The van der Waals surface area contributed by atoms with Crippen molar-refractivity contribution in [2.24, 2.45) is 0 Å². The van der Waals surface area contributed by atoms with Crippen LogP contribution in [0.4, 0.5) is 4.79 Å². The van der Waals surface area contributed by atoms with Crippen LogP contribution in [0.1, 0.15) is 111 Å². The van der Waals surface area contributed by atoms with E-state index >= 15 is 0 Å². The molecule has 0 saturated carbocycles. The Morgan fingerprint density at radius 1 is 0.947 bits per heavy atom. The van der Waals surface area contributed by atoms with Gasteiger partial charge in [-0.15, -0.1) is 0 Å². The summed E-state index contributed by atoms with van der Waals surface area (Å²) < 4.78 is 5.31. The maximum absolute atomic E-state index is 13.9. The number of carbonyl (C=O) groups is 3. The van der Waals surface area contributed by atoms with E-state index in [1.807, 2.05) is 31.2 Å². The second-order valence-corrected chi connectivity index (χ2v) is 11.0. The first-order valence-corrected chi connectivity index (χ1v) is 14.3. The Kier molecular flexibility index (Phi) is 15.0. The van der Waals surface area contributed by atoms with Gasteiger partial charge >= 0.3 is 6.09 Å². The molecule has 0 aliphatic carbocycles. The quantitative estimate of drug-likeness (QED) is 0.251. The van der Waals surface area contributed by atoms with Gasteiger partial charge in [0.25, 0.3) is 0 Å². The number of aliphatic hydroxyl groups is 1. The summed E-state index contributed by atoms with van der Waals surface area (Å²) in [6.45, 7) is 13.1. The minimum atomic E-state index is -1.24. The van der Waals surface area contributed by atoms with Crippen molar-refractivity contribution in [3.63, 3.8) is 0 Å². The fourth-order valence-corrected chi connectivity index (χ4v) is 4.32. The highest BCUT2D eigenvalue weighted by atomic mass is 16.6. The number of ether oxygens (including phenoxy) is 1. The van der Waals surface area contributed by atoms with E-state index in [1.54, 1.807) is 20.8 Å². The molecule has 1 rings (SSSR count). The molecule has 216 valence electrons. The molecule has 38 heavy (non-hydrogen) atoms. The van der Waals surface area contributed by atoms with Crippen LogP contribution in [0.25, 0.3) is 0 Å². The molecule has 0 aromatic heterocycles. The van der Waals surface area contributed by atoms with Crippen LogP contribution in [0.15, 0.2) is 24.3 Å². The molecular weight excluding hydrogens is 482 g/mol. The van der Waals surface area contributed by atoms with E-state index in [0.29, 0.717) is 18.5 Å². The van der Waals surface area contributed by atoms with Crippen LogP contribution in [0.5, 0.6) is 0 Å². The van der Waals surface area contributed by atoms with E-state index in [2.05, 4.69) is 31.4 Å². The second-order valence-electron chi connectivity index (χ2n) is 11.0. The normalized spacial score (nSPS) is 13.8. The number of unbranched alkanes of at least 4 members (excludes halogenated alkanes) is 4.